The molecule has 1 fully saturated rings. The van der Waals surface area contributed by atoms with Crippen molar-refractivity contribution in [3.05, 3.63) is 34.3 Å². The molecular weight excluding hydrogens is 344 g/mol. The first-order chi connectivity index (χ1) is 10.7. The number of methoxy groups -OCH3 is 1. The third kappa shape index (κ3) is 4.31. The van der Waals surface area contributed by atoms with Gasteiger partial charge < -0.3 is 15.4 Å². The Balaban J connectivity index is 1.93. The monoisotopic (exact) mass is 368 g/mol. The number of carbonyl (C=O) groups is 1. The predicted octanol–water partition coefficient (Wildman–Crippen LogP) is 2.61. The summed E-state index contributed by atoms with van der Waals surface area (Å²) in [6.45, 7) is 2.92. The van der Waals surface area contributed by atoms with Crippen LogP contribution in [-0.2, 0) is 14.9 Å². The summed E-state index contributed by atoms with van der Waals surface area (Å²) in [6, 6.07) is 8.20. The van der Waals surface area contributed by atoms with Crippen LogP contribution in [-0.4, -0.2) is 39.3 Å². The maximum absolute atomic E-state index is 12.8. The number of benzene rings is 1. The molecule has 0 unspecified atom stereocenters. The summed E-state index contributed by atoms with van der Waals surface area (Å²) in [5, 5.41) is 6.35. The lowest BCUT2D eigenvalue weighted by molar-refractivity contribution is -0.126. The van der Waals surface area contributed by atoms with Crippen molar-refractivity contribution >= 4 is 21.8 Å². The van der Waals surface area contributed by atoms with Crippen molar-refractivity contribution < 1.29 is 9.53 Å². The van der Waals surface area contributed by atoms with Crippen molar-refractivity contribution in [1.29, 1.82) is 0 Å². The lowest BCUT2D eigenvalue weighted by Gasteiger charge is -2.28. The summed E-state index contributed by atoms with van der Waals surface area (Å²) >= 11 is 3.46. The summed E-state index contributed by atoms with van der Waals surface area (Å²) < 4.78 is 6.03. The van der Waals surface area contributed by atoms with Gasteiger partial charge in [0.05, 0.1) is 12.0 Å². The van der Waals surface area contributed by atoms with E-state index in [0.29, 0.717) is 13.2 Å². The van der Waals surface area contributed by atoms with E-state index in [4.69, 9.17) is 4.74 Å². The van der Waals surface area contributed by atoms with E-state index in [1.54, 1.807) is 7.11 Å². The third-order valence-electron chi connectivity index (χ3n) is 4.36. The van der Waals surface area contributed by atoms with Crippen LogP contribution in [0.4, 0.5) is 0 Å². The average molecular weight is 369 g/mol. The van der Waals surface area contributed by atoms with E-state index in [9.17, 15) is 4.79 Å². The Morgan fingerprint density at radius 1 is 1.18 bits per heavy atom. The molecule has 1 aliphatic carbocycles. The van der Waals surface area contributed by atoms with Crippen molar-refractivity contribution in [2.24, 2.45) is 0 Å². The molecule has 2 rings (SSSR count). The molecule has 4 nitrogen and oxygen atoms in total. The van der Waals surface area contributed by atoms with Gasteiger partial charge in [-0.05, 0) is 30.5 Å². The number of hydrogen-bond acceptors (Lipinski definition) is 3. The zero-order valence-electron chi connectivity index (χ0n) is 13.2. The molecule has 0 heterocycles. The van der Waals surface area contributed by atoms with Crippen molar-refractivity contribution in [3.63, 3.8) is 0 Å². The number of amides is 1. The lowest BCUT2D eigenvalue weighted by atomic mass is 9.78. The number of nitrogens with one attached hydrogen (secondary N) is 2. The molecule has 2 N–H and O–H groups in total. The van der Waals surface area contributed by atoms with Crippen LogP contribution in [0, 0.1) is 0 Å². The number of hydrogen-bond donors (Lipinski definition) is 2. The van der Waals surface area contributed by atoms with E-state index >= 15 is 0 Å². The first-order valence-corrected chi connectivity index (χ1v) is 8.72. The molecule has 0 aromatic heterocycles. The second-order valence-corrected chi connectivity index (χ2v) is 6.71. The van der Waals surface area contributed by atoms with Gasteiger partial charge in [-0.25, -0.2) is 0 Å². The Hall–Kier alpha value is -0.910. The standard InChI is InChI=1S/C17H25BrN2O2/c1-22-13-12-19-10-11-20-16(21)17(8-2-3-9-17)14-4-6-15(18)7-5-14/h4-7,19H,2-3,8-13H2,1H3,(H,20,21). The fraction of sp³-hybridized carbons (Fsp3) is 0.588. The minimum Gasteiger partial charge on any atom is -0.383 e. The van der Waals surface area contributed by atoms with E-state index in [1.807, 2.05) is 12.1 Å². The smallest absolute Gasteiger partial charge is 0.230 e. The fourth-order valence-electron chi connectivity index (χ4n) is 3.13. The van der Waals surface area contributed by atoms with Gasteiger partial charge in [-0.15, -0.1) is 0 Å². The minimum atomic E-state index is -0.340. The summed E-state index contributed by atoms with van der Waals surface area (Å²) in [5.74, 6) is 0.167. The lowest BCUT2D eigenvalue weighted by Crippen LogP contribution is -2.44. The highest BCUT2D eigenvalue weighted by atomic mass is 79.9. The molecule has 1 saturated carbocycles. The Labute approximate surface area is 141 Å². The van der Waals surface area contributed by atoms with E-state index < -0.39 is 0 Å². The van der Waals surface area contributed by atoms with E-state index in [0.717, 1.165) is 48.8 Å². The van der Waals surface area contributed by atoms with Crippen LogP contribution in [0.15, 0.2) is 28.7 Å². The number of ether oxygens (including phenoxy) is 1. The van der Waals surface area contributed by atoms with Crippen LogP contribution in [0.3, 0.4) is 0 Å². The molecule has 1 amide bonds. The molecule has 0 aliphatic heterocycles. The predicted molar refractivity (Wildman–Crippen MR) is 92.0 cm³/mol. The van der Waals surface area contributed by atoms with Gasteiger partial charge >= 0.3 is 0 Å². The molecule has 0 radical (unpaired) electrons. The van der Waals surface area contributed by atoms with Gasteiger partial charge in [0.2, 0.25) is 5.91 Å². The van der Waals surface area contributed by atoms with Crippen LogP contribution in [0.2, 0.25) is 0 Å². The Morgan fingerprint density at radius 2 is 1.86 bits per heavy atom. The van der Waals surface area contributed by atoms with Crippen LogP contribution in [0.1, 0.15) is 31.2 Å². The minimum absolute atomic E-state index is 0.167. The zero-order chi connectivity index (χ0) is 15.8. The highest BCUT2D eigenvalue weighted by molar-refractivity contribution is 9.10. The van der Waals surface area contributed by atoms with Gasteiger partial charge in [-0.1, -0.05) is 40.9 Å². The van der Waals surface area contributed by atoms with E-state index in [-0.39, 0.29) is 11.3 Å². The summed E-state index contributed by atoms with van der Waals surface area (Å²) in [4.78, 5) is 12.8. The van der Waals surface area contributed by atoms with E-state index in [2.05, 4.69) is 38.7 Å². The number of halogens is 1. The number of carbonyl (C=O) groups excluding carboxylic acids is 1. The zero-order valence-corrected chi connectivity index (χ0v) is 14.7. The summed E-state index contributed by atoms with van der Waals surface area (Å²) in [6.07, 6.45) is 4.13. The Kier molecular flexibility index (Phi) is 6.86. The maximum atomic E-state index is 12.8. The van der Waals surface area contributed by atoms with Crippen molar-refractivity contribution in [2.75, 3.05) is 33.4 Å². The normalized spacial score (nSPS) is 16.6. The van der Waals surface area contributed by atoms with Crippen molar-refractivity contribution in [1.82, 2.24) is 10.6 Å². The Morgan fingerprint density at radius 3 is 2.50 bits per heavy atom. The van der Waals surface area contributed by atoms with E-state index in [1.165, 1.54) is 0 Å². The van der Waals surface area contributed by atoms with Crippen molar-refractivity contribution in [2.45, 2.75) is 31.1 Å². The molecule has 1 aromatic rings. The summed E-state index contributed by atoms with van der Waals surface area (Å²) in [7, 11) is 1.69. The van der Waals surface area contributed by atoms with Gasteiger partial charge in [0.15, 0.2) is 0 Å². The van der Waals surface area contributed by atoms with Gasteiger partial charge in [-0.3, -0.25) is 4.79 Å². The molecule has 122 valence electrons. The average Bonchev–Trinajstić information content (AvgIpc) is 3.02. The third-order valence-corrected chi connectivity index (χ3v) is 4.89. The first kappa shape index (κ1) is 17.4. The Bertz CT molecular complexity index is 470. The van der Waals surface area contributed by atoms with Gasteiger partial charge in [0.1, 0.15) is 0 Å². The summed E-state index contributed by atoms with van der Waals surface area (Å²) in [5.41, 5.74) is 0.797. The van der Waals surface area contributed by atoms with Gasteiger partial charge in [0.25, 0.3) is 0 Å². The van der Waals surface area contributed by atoms with Crippen LogP contribution in [0.5, 0.6) is 0 Å². The second-order valence-electron chi connectivity index (χ2n) is 5.79. The topological polar surface area (TPSA) is 50.4 Å². The molecule has 0 spiro atoms. The molecule has 22 heavy (non-hydrogen) atoms. The molecule has 0 atom stereocenters. The molecule has 1 aliphatic rings. The van der Waals surface area contributed by atoms with Crippen LogP contribution >= 0.6 is 15.9 Å². The molecule has 1 aromatic carbocycles. The highest BCUT2D eigenvalue weighted by Crippen LogP contribution is 2.41. The largest absolute Gasteiger partial charge is 0.383 e. The first-order valence-electron chi connectivity index (χ1n) is 7.93. The quantitative estimate of drug-likeness (QED) is 0.693. The van der Waals surface area contributed by atoms with Gasteiger partial charge in [0, 0.05) is 31.2 Å². The second kappa shape index (κ2) is 8.65. The van der Waals surface area contributed by atoms with Crippen molar-refractivity contribution in [3.8, 4) is 0 Å². The molecule has 5 heteroatoms. The fourth-order valence-corrected chi connectivity index (χ4v) is 3.39. The van der Waals surface area contributed by atoms with Crippen LogP contribution < -0.4 is 10.6 Å². The number of rotatable bonds is 8. The maximum Gasteiger partial charge on any atom is 0.230 e. The molecule has 0 saturated heterocycles. The highest BCUT2D eigenvalue weighted by Gasteiger charge is 2.42. The molecule has 0 bridgehead atoms. The van der Waals surface area contributed by atoms with Gasteiger partial charge in [-0.2, -0.15) is 0 Å². The van der Waals surface area contributed by atoms with Crippen LogP contribution in [0.25, 0.3) is 0 Å². The SMILES string of the molecule is COCCNCCNC(=O)C1(c2ccc(Br)cc2)CCCC1. The molecular formula is C17H25BrN2O2.